The fourth-order valence-corrected chi connectivity index (χ4v) is 3.78. The first kappa shape index (κ1) is 19.3. The van der Waals surface area contributed by atoms with Crippen molar-refractivity contribution in [3.8, 4) is 10.6 Å². The van der Waals surface area contributed by atoms with Crippen LogP contribution in [0.25, 0.3) is 21.5 Å². The van der Waals surface area contributed by atoms with Gasteiger partial charge < -0.3 is 10.1 Å². The summed E-state index contributed by atoms with van der Waals surface area (Å²) in [6.07, 6.45) is 0. The Bertz CT molecular complexity index is 1170. The van der Waals surface area contributed by atoms with Crippen LogP contribution in [0.2, 0.25) is 0 Å². The number of para-hydroxylation sites is 1. The molecule has 0 fully saturated rings. The highest BCUT2D eigenvalue weighted by Gasteiger charge is 2.17. The summed E-state index contributed by atoms with van der Waals surface area (Å²) in [6, 6.07) is 20.1. The van der Waals surface area contributed by atoms with Gasteiger partial charge in [0.15, 0.2) is 6.61 Å². The number of nitrogens with one attached hydrogen (secondary N) is 1. The van der Waals surface area contributed by atoms with Crippen molar-refractivity contribution in [1.82, 2.24) is 4.98 Å². The molecule has 0 saturated carbocycles. The monoisotopic (exact) mass is 466 g/mol. The maximum Gasteiger partial charge on any atom is 0.339 e. The van der Waals surface area contributed by atoms with Gasteiger partial charge >= 0.3 is 5.97 Å². The lowest BCUT2D eigenvalue weighted by molar-refractivity contribution is -0.119. The van der Waals surface area contributed by atoms with Gasteiger partial charge in [0.2, 0.25) is 0 Å². The van der Waals surface area contributed by atoms with Gasteiger partial charge in [-0.2, -0.15) is 0 Å². The second-order valence-corrected chi connectivity index (χ2v) is 8.04. The molecule has 0 bridgehead atoms. The fourth-order valence-electron chi connectivity index (χ4n) is 2.83. The number of esters is 1. The molecule has 29 heavy (non-hydrogen) atoms. The van der Waals surface area contributed by atoms with Crippen LogP contribution in [-0.2, 0) is 9.53 Å². The van der Waals surface area contributed by atoms with Crippen LogP contribution in [0.15, 0.2) is 76.6 Å². The summed E-state index contributed by atoms with van der Waals surface area (Å²) < 4.78 is 6.19. The van der Waals surface area contributed by atoms with Crippen molar-refractivity contribution in [2.45, 2.75) is 0 Å². The number of carbonyl (C=O) groups is 2. The number of benzene rings is 2. The van der Waals surface area contributed by atoms with E-state index in [1.54, 1.807) is 29.5 Å². The Labute approximate surface area is 179 Å². The number of thiophene rings is 1. The average Bonchev–Trinajstić information content (AvgIpc) is 3.28. The number of ether oxygens (including phenoxy) is 1. The minimum Gasteiger partial charge on any atom is -0.452 e. The van der Waals surface area contributed by atoms with Gasteiger partial charge in [0.1, 0.15) is 0 Å². The molecule has 2 heterocycles. The van der Waals surface area contributed by atoms with Crippen LogP contribution in [0.5, 0.6) is 0 Å². The van der Waals surface area contributed by atoms with Crippen LogP contribution in [-0.4, -0.2) is 23.5 Å². The number of hydrogen-bond donors (Lipinski definition) is 1. The van der Waals surface area contributed by atoms with Crippen LogP contribution in [0.3, 0.4) is 0 Å². The molecule has 0 aliphatic rings. The number of pyridine rings is 1. The number of aromatic nitrogens is 1. The number of anilines is 1. The largest absolute Gasteiger partial charge is 0.452 e. The third-order valence-electron chi connectivity index (χ3n) is 4.17. The van der Waals surface area contributed by atoms with Crippen molar-refractivity contribution in [1.29, 1.82) is 0 Å². The first-order chi connectivity index (χ1) is 14.1. The number of nitrogens with zero attached hydrogens (tertiary/aromatic N) is 1. The molecular formula is C22H15BrN2O3S. The van der Waals surface area contributed by atoms with Gasteiger partial charge in [0.05, 0.1) is 21.7 Å². The predicted molar refractivity (Wildman–Crippen MR) is 118 cm³/mol. The van der Waals surface area contributed by atoms with Crippen LogP contribution < -0.4 is 5.32 Å². The Morgan fingerprint density at radius 3 is 2.59 bits per heavy atom. The summed E-state index contributed by atoms with van der Waals surface area (Å²) in [7, 11) is 0. The van der Waals surface area contributed by atoms with E-state index in [-0.39, 0.29) is 6.61 Å². The molecule has 0 saturated heterocycles. The van der Waals surface area contributed by atoms with Gasteiger partial charge in [-0.05, 0) is 47.8 Å². The van der Waals surface area contributed by atoms with E-state index in [9.17, 15) is 9.59 Å². The third kappa shape index (κ3) is 4.52. The zero-order valence-electron chi connectivity index (χ0n) is 15.1. The van der Waals surface area contributed by atoms with Gasteiger partial charge in [-0.15, -0.1) is 11.3 Å². The normalized spacial score (nSPS) is 10.7. The molecular weight excluding hydrogens is 452 g/mol. The van der Waals surface area contributed by atoms with Crippen LogP contribution in [0.4, 0.5) is 5.69 Å². The van der Waals surface area contributed by atoms with Gasteiger partial charge in [-0.1, -0.05) is 40.2 Å². The Morgan fingerprint density at radius 2 is 1.83 bits per heavy atom. The zero-order valence-corrected chi connectivity index (χ0v) is 17.5. The van der Waals surface area contributed by atoms with Crippen molar-refractivity contribution in [3.63, 3.8) is 0 Å². The van der Waals surface area contributed by atoms with E-state index in [1.807, 2.05) is 53.9 Å². The number of carbonyl (C=O) groups excluding carboxylic acids is 2. The summed E-state index contributed by atoms with van der Waals surface area (Å²) in [5.41, 5.74) is 2.41. The molecule has 2 aromatic heterocycles. The van der Waals surface area contributed by atoms with Crippen molar-refractivity contribution in [2.75, 3.05) is 11.9 Å². The van der Waals surface area contributed by atoms with E-state index < -0.39 is 11.9 Å². The van der Waals surface area contributed by atoms with Gasteiger partial charge in [-0.25, -0.2) is 9.78 Å². The summed E-state index contributed by atoms with van der Waals surface area (Å²) in [6.45, 7) is -0.375. The smallest absolute Gasteiger partial charge is 0.339 e. The SMILES string of the molecule is O=C(COC(=O)c1cc(-c2cccs2)nc2ccccc12)Nc1ccc(Br)cc1. The number of rotatable bonds is 5. The Morgan fingerprint density at radius 1 is 1.03 bits per heavy atom. The molecule has 0 atom stereocenters. The highest BCUT2D eigenvalue weighted by molar-refractivity contribution is 9.10. The van der Waals surface area contributed by atoms with Crippen molar-refractivity contribution in [2.24, 2.45) is 0 Å². The first-order valence-electron chi connectivity index (χ1n) is 8.76. The van der Waals surface area contributed by atoms with Crippen LogP contribution in [0, 0.1) is 0 Å². The lowest BCUT2D eigenvalue weighted by Gasteiger charge is -2.10. The first-order valence-corrected chi connectivity index (χ1v) is 10.4. The van der Waals surface area contributed by atoms with Gasteiger partial charge in [-0.3, -0.25) is 4.79 Å². The van der Waals surface area contributed by atoms with E-state index in [0.717, 1.165) is 9.35 Å². The third-order valence-corrected chi connectivity index (χ3v) is 5.59. The van der Waals surface area contributed by atoms with E-state index in [4.69, 9.17) is 4.74 Å². The lowest BCUT2D eigenvalue weighted by atomic mass is 10.1. The Kier molecular flexibility index (Phi) is 5.69. The lowest BCUT2D eigenvalue weighted by Crippen LogP contribution is -2.21. The molecule has 144 valence electrons. The number of halogens is 1. The molecule has 0 spiro atoms. The minimum atomic E-state index is -0.563. The zero-order chi connectivity index (χ0) is 20.2. The predicted octanol–water partition coefficient (Wildman–Crippen LogP) is 5.52. The molecule has 0 aliphatic carbocycles. The van der Waals surface area contributed by atoms with E-state index in [2.05, 4.69) is 26.2 Å². The summed E-state index contributed by atoms with van der Waals surface area (Å²) in [5.74, 6) is -0.968. The molecule has 7 heteroatoms. The highest BCUT2D eigenvalue weighted by Crippen LogP contribution is 2.28. The van der Waals surface area contributed by atoms with Crippen molar-refractivity contribution < 1.29 is 14.3 Å². The molecule has 4 aromatic rings. The average molecular weight is 467 g/mol. The molecule has 1 N–H and O–H groups in total. The summed E-state index contributed by atoms with van der Waals surface area (Å²) in [5, 5.41) is 5.34. The molecule has 1 amide bonds. The van der Waals surface area contributed by atoms with Crippen LogP contribution >= 0.6 is 27.3 Å². The van der Waals surface area contributed by atoms with E-state index in [0.29, 0.717) is 27.8 Å². The molecule has 2 aromatic carbocycles. The number of fused-ring (bicyclic) bond motifs is 1. The molecule has 0 radical (unpaired) electrons. The second kappa shape index (κ2) is 8.55. The maximum atomic E-state index is 12.7. The topological polar surface area (TPSA) is 68.3 Å². The highest BCUT2D eigenvalue weighted by atomic mass is 79.9. The quantitative estimate of drug-likeness (QED) is 0.393. The van der Waals surface area contributed by atoms with Crippen molar-refractivity contribution >= 4 is 55.7 Å². The van der Waals surface area contributed by atoms with Crippen LogP contribution in [0.1, 0.15) is 10.4 Å². The maximum absolute atomic E-state index is 12.7. The van der Waals surface area contributed by atoms with E-state index in [1.165, 1.54) is 0 Å². The standard InChI is InChI=1S/C22H15BrN2O3S/c23-14-7-9-15(10-8-14)24-21(26)13-28-22(27)17-12-19(20-6-3-11-29-20)25-18-5-2-1-4-16(17)18/h1-12H,13H2,(H,24,26). The molecule has 0 aliphatic heterocycles. The summed E-state index contributed by atoms with van der Waals surface area (Å²) >= 11 is 4.88. The fraction of sp³-hybridized carbons (Fsp3) is 0.0455. The second-order valence-electron chi connectivity index (χ2n) is 6.18. The summed E-state index contributed by atoms with van der Waals surface area (Å²) in [4.78, 5) is 30.5. The Hall–Kier alpha value is -3.03. The van der Waals surface area contributed by atoms with Gasteiger partial charge in [0.25, 0.3) is 5.91 Å². The van der Waals surface area contributed by atoms with Gasteiger partial charge in [0, 0.05) is 15.5 Å². The number of amides is 1. The van der Waals surface area contributed by atoms with Crippen molar-refractivity contribution in [3.05, 3.63) is 82.1 Å². The molecule has 0 unspecified atom stereocenters. The van der Waals surface area contributed by atoms with E-state index >= 15 is 0 Å². The minimum absolute atomic E-state index is 0.375. The Balaban J connectivity index is 1.53. The molecule has 4 rings (SSSR count). The number of hydrogen-bond acceptors (Lipinski definition) is 5. The molecule has 5 nitrogen and oxygen atoms in total.